The maximum Gasteiger partial charge on any atom is 0.335 e. The number of likely N-dealkylation sites (tertiary alicyclic amines) is 1. The third-order valence-electron chi connectivity index (χ3n) is 5.09. The largest absolute Gasteiger partial charge is 0.484 e. The summed E-state index contributed by atoms with van der Waals surface area (Å²) >= 11 is 0. The van der Waals surface area contributed by atoms with Crippen LogP contribution >= 0.6 is 0 Å². The minimum absolute atomic E-state index is 0.0540. The van der Waals surface area contributed by atoms with E-state index in [1.165, 1.54) is 0 Å². The fourth-order valence-corrected chi connectivity index (χ4v) is 3.60. The molecule has 1 fully saturated rings. The van der Waals surface area contributed by atoms with Gasteiger partial charge in [-0.05, 0) is 42.7 Å². The molecule has 2 aromatic carbocycles. The SMILES string of the molecule is O=C(O)c1cccc([C@@H]2CCCN(C(=O)COc3ccc4c(c3)OCO4)C2)c1. The normalized spacial score (nSPS) is 18.0. The molecule has 2 heterocycles. The number of benzene rings is 2. The first-order chi connectivity index (χ1) is 13.6. The Balaban J connectivity index is 1.37. The van der Waals surface area contributed by atoms with Gasteiger partial charge in [0.25, 0.3) is 5.91 Å². The number of ether oxygens (including phenoxy) is 3. The summed E-state index contributed by atoms with van der Waals surface area (Å²) in [6.45, 7) is 1.38. The van der Waals surface area contributed by atoms with E-state index in [9.17, 15) is 14.7 Å². The summed E-state index contributed by atoms with van der Waals surface area (Å²) in [7, 11) is 0. The molecule has 1 amide bonds. The number of fused-ring (bicyclic) bond motifs is 1. The van der Waals surface area contributed by atoms with Gasteiger partial charge in [0.2, 0.25) is 6.79 Å². The van der Waals surface area contributed by atoms with Crippen LogP contribution in [0, 0.1) is 0 Å². The van der Waals surface area contributed by atoms with Gasteiger partial charge in [-0.25, -0.2) is 4.79 Å². The van der Waals surface area contributed by atoms with Gasteiger partial charge in [-0.2, -0.15) is 0 Å². The number of carboxylic acids is 1. The molecule has 0 aliphatic carbocycles. The van der Waals surface area contributed by atoms with E-state index in [0.29, 0.717) is 30.3 Å². The zero-order valence-corrected chi connectivity index (χ0v) is 15.3. The van der Waals surface area contributed by atoms with Crippen LogP contribution < -0.4 is 14.2 Å². The molecule has 2 aliphatic rings. The molecule has 2 aromatic rings. The van der Waals surface area contributed by atoms with Crippen molar-refractivity contribution in [2.75, 3.05) is 26.5 Å². The smallest absolute Gasteiger partial charge is 0.335 e. The van der Waals surface area contributed by atoms with Crippen LogP contribution in [0.15, 0.2) is 42.5 Å². The molecule has 0 aromatic heterocycles. The number of hydrogen-bond donors (Lipinski definition) is 1. The molecule has 0 bridgehead atoms. The first-order valence-corrected chi connectivity index (χ1v) is 9.23. The van der Waals surface area contributed by atoms with Crippen LogP contribution in [0.1, 0.15) is 34.7 Å². The number of carbonyl (C=O) groups excluding carboxylic acids is 1. The predicted octanol–water partition coefficient (Wildman–Crippen LogP) is 2.90. The minimum Gasteiger partial charge on any atom is -0.484 e. The van der Waals surface area contributed by atoms with Crippen molar-refractivity contribution in [3.63, 3.8) is 0 Å². The Morgan fingerprint density at radius 2 is 2.00 bits per heavy atom. The Kier molecular flexibility index (Phi) is 5.06. The van der Waals surface area contributed by atoms with Crippen molar-refractivity contribution in [1.29, 1.82) is 0 Å². The molecule has 7 heteroatoms. The van der Waals surface area contributed by atoms with Gasteiger partial charge in [-0.15, -0.1) is 0 Å². The average molecular weight is 383 g/mol. The van der Waals surface area contributed by atoms with E-state index in [1.54, 1.807) is 41.3 Å². The van der Waals surface area contributed by atoms with Gasteiger partial charge in [-0.3, -0.25) is 4.79 Å². The van der Waals surface area contributed by atoms with Crippen molar-refractivity contribution < 1.29 is 28.9 Å². The molecule has 1 N–H and O–H groups in total. The van der Waals surface area contributed by atoms with Gasteiger partial charge in [0.1, 0.15) is 5.75 Å². The summed E-state index contributed by atoms with van der Waals surface area (Å²) in [5, 5.41) is 9.19. The molecule has 0 radical (unpaired) electrons. The van der Waals surface area contributed by atoms with Gasteiger partial charge in [0.15, 0.2) is 18.1 Å². The van der Waals surface area contributed by atoms with E-state index in [0.717, 1.165) is 18.4 Å². The standard InChI is InChI=1S/C21H21NO6/c23-20(12-26-17-6-7-18-19(10-17)28-13-27-18)22-8-2-5-16(11-22)14-3-1-4-15(9-14)21(24)25/h1,3-4,6-7,9-10,16H,2,5,8,11-13H2,(H,24,25)/t16-/m1/s1. The van der Waals surface area contributed by atoms with Crippen LogP contribution in [0.25, 0.3) is 0 Å². The molecule has 1 saturated heterocycles. The summed E-state index contributed by atoms with van der Waals surface area (Å²) in [6, 6.07) is 12.2. The number of nitrogens with zero attached hydrogens (tertiary/aromatic N) is 1. The second-order valence-electron chi connectivity index (χ2n) is 6.91. The van der Waals surface area contributed by atoms with Gasteiger partial charge < -0.3 is 24.2 Å². The minimum atomic E-state index is -0.942. The quantitative estimate of drug-likeness (QED) is 0.855. The predicted molar refractivity (Wildman–Crippen MR) is 100 cm³/mol. The molecule has 28 heavy (non-hydrogen) atoms. The van der Waals surface area contributed by atoms with Crippen LogP contribution in [-0.4, -0.2) is 48.4 Å². The number of carbonyl (C=O) groups is 2. The highest BCUT2D eigenvalue weighted by Gasteiger charge is 2.25. The molecule has 146 valence electrons. The van der Waals surface area contributed by atoms with E-state index >= 15 is 0 Å². The first-order valence-electron chi connectivity index (χ1n) is 9.23. The molecular formula is C21H21NO6. The molecule has 2 aliphatic heterocycles. The summed E-state index contributed by atoms with van der Waals surface area (Å²) in [5.41, 5.74) is 1.22. The van der Waals surface area contributed by atoms with Crippen LogP contribution in [0.4, 0.5) is 0 Å². The second-order valence-corrected chi connectivity index (χ2v) is 6.91. The lowest BCUT2D eigenvalue weighted by Crippen LogP contribution is -2.41. The second kappa shape index (κ2) is 7.80. The lowest BCUT2D eigenvalue weighted by atomic mass is 9.89. The van der Waals surface area contributed by atoms with E-state index in [4.69, 9.17) is 14.2 Å². The lowest BCUT2D eigenvalue weighted by molar-refractivity contribution is -0.134. The molecule has 0 spiro atoms. The van der Waals surface area contributed by atoms with Gasteiger partial charge in [0.05, 0.1) is 5.56 Å². The monoisotopic (exact) mass is 383 g/mol. The highest BCUT2D eigenvalue weighted by molar-refractivity contribution is 5.87. The van der Waals surface area contributed by atoms with Crippen molar-refractivity contribution in [3.8, 4) is 17.2 Å². The Labute approximate surface area is 162 Å². The Morgan fingerprint density at radius 1 is 1.14 bits per heavy atom. The van der Waals surface area contributed by atoms with Crippen molar-refractivity contribution in [2.24, 2.45) is 0 Å². The topological polar surface area (TPSA) is 85.3 Å². The van der Waals surface area contributed by atoms with Gasteiger partial charge >= 0.3 is 5.97 Å². The van der Waals surface area contributed by atoms with Gasteiger partial charge in [-0.1, -0.05) is 12.1 Å². The number of rotatable bonds is 5. The fourth-order valence-electron chi connectivity index (χ4n) is 3.60. The van der Waals surface area contributed by atoms with Crippen LogP contribution in [0.3, 0.4) is 0 Å². The summed E-state index contributed by atoms with van der Waals surface area (Å²) in [5.74, 6) is 0.935. The van der Waals surface area contributed by atoms with E-state index in [1.807, 2.05) is 6.07 Å². The van der Waals surface area contributed by atoms with E-state index in [-0.39, 0.29) is 30.8 Å². The molecular weight excluding hydrogens is 362 g/mol. The number of piperidine rings is 1. The molecule has 7 nitrogen and oxygen atoms in total. The third-order valence-corrected chi connectivity index (χ3v) is 5.09. The van der Waals surface area contributed by atoms with Crippen LogP contribution in [0.2, 0.25) is 0 Å². The maximum atomic E-state index is 12.6. The average Bonchev–Trinajstić information content (AvgIpc) is 3.20. The Bertz CT molecular complexity index is 896. The number of carboxylic acid groups (broad SMARTS) is 1. The molecule has 4 rings (SSSR count). The van der Waals surface area contributed by atoms with Crippen molar-refractivity contribution in [1.82, 2.24) is 4.90 Å². The highest BCUT2D eigenvalue weighted by Crippen LogP contribution is 2.35. The summed E-state index contributed by atoms with van der Waals surface area (Å²) < 4.78 is 16.2. The van der Waals surface area contributed by atoms with Crippen LogP contribution in [-0.2, 0) is 4.79 Å². The van der Waals surface area contributed by atoms with E-state index < -0.39 is 5.97 Å². The summed E-state index contributed by atoms with van der Waals surface area (Å²) in [4.78, 5) is 25.6. The zero-order chi connectivity index (χ0) is 19.5. The Morgan fingerprint density at radius 3 is 2.86 bits per heavy atom. The number of amides is 1. The van der Waals surface area contributed by atoms with Gasteiger partial charge in [0, 0.05) is 25.1 Å². The van der Waals surface area contributed by atoms with Crippen molar-refractivity contribution in [2.45, 2.75) is 18.8 Å². The number of hydrogen-bond acceptors (Lipinski definition) is 5. The van der Waals surface area contributed by atoms with E-state index in [2.05, 4.69) is 0 Å². The van der Waals surface area contributed by atoms with Crippen LogP contribution in [0.5, 0.6) is 17.2 Å². The highest BCUT2D eigenvalue weighted by atomic mass is 16.7. The maximum absolute atomic E-state index is 12.6. The number of aromatic carboxylic acids is 1. The van der Waals surface area contributed by atoms with Crippen molar-refractivity contribution in [3.05, 3.63) is 53.6 Å². The molecule has 0 saturated carbocycles. The summed E-state index contributed by atoms with van der Waals surface area (Å²) in [6.07, 6.45) is 1.80. The fraction of sp³-hybridized carbons (Fsp3) is 0.333. The zero-order valence-electron chi connectivity index (χ0n) is 15.3. The Hall–Kier alpha value is -3.22. The molecule has 0 unspecified atom stereocenters. The molecule has 1 atom stereocenters. The van der Waals surface area contributed by atoms with Crippen molar-refractivity contribution >= 4 is 11.9 Å². The lowest BCUT2D eigenvalue weighted by Gasteiger charge is -2.33. The third kappa shape index (κ3) is 3.88. The first kappa shape index (κ1) is 18.2.